The first kappa shape index (κ1) is 21.5. The topological polar surface area (TPSA) is 141 Å². The molecule has 10 nitrogen and oxygen atoms in total. The third kappa shape index (κ3) is 4.08. The molecular formula is C21H20ClN7O3. The fourth-order valence-electron chi connectivity index (χ4n) is 3.74. The Kier molecular flexibility index (Phi) is 6.20. The van der Waals surface area contributed by atoms with Gasteiger partial charge in [-0.25, -0.2) is 0 Å². The quantitative estimate of drug-likeness (QED) is 0.580. The number of carbonyl (C=O) groups is 1. The van der Waals surface area contributed by atoms with Crippen LogP contribution in [-0.2, 0) is 4.74 Å². The minimum absolute atomic E-state index is 0.0630. The zero-order valence-electron chi connectivity index (χ0n) is 17.2. The normalized spacial score (nSPS) is 14.0. The molecule has 0 unspecified atom stereocenters. The molecule has 11 heteroatoms. The lowest BCUT2D eigenvalue weighted by Crippen LogP contribution is -2.21. The van der Waals surface area contributed by atoms with E-state index < -0.39 is 5.91 Å². The van der Waals surface area contributed by atoms with Gasteiger partial charge in [0.15, 0.2) is 10.8 Å². The van der Waals surface area contributed by atoms with Crippen molar-refractivity contribution in [3.8, 4) is 22.9 Å². The lowest BCUT2D eigenvalue weighted by atomic mass is 10.0. The van der Waals surface area contributed by atoms with E-state index >= 15 is 0 Å². The predicted molar refractivity (Wildman–Crippen MR) is 117 cm³/mol. The standard InChI is InChI=1S/C21H20ClN7O3/c1-31-20-13(14-11-25-29(17(14)10-23)12-5-7-32-8-6-12)3-2-4-15(20)26-16-9-18(22)27-28-19(16)21(24)30/h2-4,9,11-12H,5-8H2,1H3,(H2,24,30)(H,26,27). The van der Waals surface area contributed by atoms with Gasteiger partial charge in [-0.3, -0.25) is 9.48 Å². The van der Waals surface area contributed by atoms with Gasteiger partial charge in [0.1, 0.15) is 17.5 Å². The predicted octanol–water partition coefficient (Wildman–Crippen LogP) is 3.07. The summed E-state index contributed by atoms with van der Waals surface area (Å²) in [6.07, 6.45) is 3.25. The Morgan fingerprint density at radius 1 is 1.31 bits per heavy atom. The first-order chi connectivity index (χ1) is 15.5. The minimum Gasteiger partial charge on any atom is -0.494 e. The summed E-state index contributed by atoms with van der Waals surface area (Å²) in [6.45, 7) is 1.27. The molecule has 4 rings (SSSR count). The molecule has 0 bridgehead atoms. The van der Waals surface area contributed by atoms with E-state index in [2.05, 4.69) is 26.7 Å². The van der Waals surface area contributed by atoms with Crippen LogP contribution < -0.4 is 15.8 Å². The number of amides is 1. The van der Waals surface area contributed by atoms with E-state index in [0.717, 1.165) is 12.8 Å². The number of nitrogens with zero attached hydrogens (tertiary/aromatic N) is 5. The van der Waals surface area contributed by atoms with Gasteiger partial charge in [0, 0.05) is 30.4 Å². The largest absolute Gasteiger partial charge is 0.494 e. The van der Waals surface area contributed by atoms with Gasteiger partial charge >= 0.3 is 0 Å². The summed E-state index contributed by atoms with van der Waals surface area (Å²) in [5.41, 5.74) is 7.91. The van der Waals surface area contributed by atoms with Crippen molar-refractivity contribution in [3.05, 3.63) is 47.0 Å². The number of nitrogens with two attached hydrogens (primary N) is 1. The number of rotatable bonds is 6. The van der Waals surface area contributed by atoms with Crippen LogP contribution in [0.4, 0.5) is 11.4 Å². The van der Waals surface area contributed by atoms with Crippen LogP contribution in [0.25, 0.3) is 11.1 Å². The van der Waals surface area contributed by atoms with Crippen molar-refractivity contribution >= 4 is 28.9 Å². The Hall–Kier alpha value is -3.68. The molecule has 3 heterocycles. The van der Waals surface area contributed by atoms with E-state index in [1.54, 1.807) is 23.0 Å². The molecule has 1 aliphatic heterocycles. The van der Waals surface area contributed by atoms with Gasteiger partial charge in [-0.15, -0.1) is 10.2 Å². The smallest absolute Gasteiger partial charge is 0.271 e. The molecule has 1 aromatic carbocycles. The van der Waals surface area contributed by atoms with Gasteiger partial charge in [-0.1, -0.05) is 23.7 Å². The molecule has 0 spiro atoms. The van der Waals surface area contributed by atoms with E-state index in [9.17, 15) is 10.1 Å². The van der Waals surface area contributed by atoms with Gasteiger partial charge in [0.2, 0.25) is 0 Å². The molecular weight excluding hydrogens is 434 g/mol. The van der Waals surface area contributed by atoms with Crippen LogP contribution in [0, 0.1) is 11.3 Å². The number of anilines is 2. The number of para-hydroxylation sites is 1. The Bertz CT molecular complexity index is 1200. The number of benzene rings is 1. The fourth-order valence-corrected chi connectivity index (χ4v) is 3.88. The van der Waals surface area contributed by atoms with Crippen LogP contribution in [0.2, 0.25) is 5.15 Å². The first-order valence-electron chi connectivity index (χ1n) is 9.86. The molecule has 1 saturated heterocycles. The molecule has 2 aromatic heterocycles. The highest BCUT2D eigenvalue weighted by Gasteiger charge is 2.24. The summed E-state index contributed by atoms with van der Waals surface area (Å²) in [4.78, 5) is 11.8. The maximum absolute atomic E-state index is 11.8. The molecule has 3 N–H and O–H groups in total. The molecule has 0 aliphatic carbocycles. The molecule has 1 fully saturated rings. The zero-order chi connectivity index (χ0) is 22.7. The monoisotopic (exact) mass is 453 g/mol. The number of hydrogen-bond acceptors (Lipinski definition) is 8. The lowest BCUT2D eigenvalue weighted by Gasteiger charge is -2.23. The van der Waals surface area contributed by atoms with Crippen LogP contribution in [0.3, 0.4) is 0 Å². The zero-order valence-corrected chi connectivity index (χ0v) is 18.0. The van der Waals surface area contributed by atoms with Crippen LogP contribution in [0.5, 0.6) is 5.75 Å². The van der Waals surface area contributed by atoms with Crippen LogP contribution >= 0.6 is 11.6 Å². The van der Waals surface area contributed by atoms with Crippen LogP contribution in [0.1, 0.15) is 35.1 Å². The summed E-state index contributed by atoms with van der Waals surface area (Å²) < 4.78 is 12.9. The number of carbonyl (C=O) groups excluding carboxylic acids is 1. The Morgan fingerprint density at radius 2 is 2.09 bits per heavy atom. The van der Waals surface area contributed by atoms with Crippen molar-refractivity contribution in [1.82, 2.24) is 20.0 Å². The number of aromatic nitrogens is 4. The summed E-state index contributed by atoms with van der Waals surface area (Å²) in [5, 5.41) is 25.0. The summed E-state index contributed by atoms with van der Waals surface area (Å²) in [7, 11) is 1.52. The van der Waals surface area contributed by atoms with Crippen molar-refractivity contribution in [1.29, 1.82) is 5.26 Å². The van der Waals surface area contributed by atoms with Gasteiger partial charge in [-0.2, -0.15) is 10.4 Å². The van der Waals surface area contributed by atoms with Crippen molar-refractivity contribution in [2.24, 2.45) is 5.73 Å². The average molecular weight is 454 g/mol. The molecule has 164 valence electrons. The number of primary amides is 1. The van der Waals surface area contributed by atoms with Crippen LogP contribution in [-0.4, -0.2) is 46.2 Å². The van der Waals surface area contributed by atoms with Crippen LogP contribution in [0.15, 0.2) is 30.5 Å². The maximum atomic E-state index is 11.8. The molecule has 0 radical (unpaired) electrons. The molecule has 1 amide bonds. The van der Waals surface area contributed by atoms with Crippen molar-refractivity contribution in [3.63, 3.8) is 0 Å². The molecule has 0 saturated carbocycles. The third-order valence-electron chi connectivity index (χ3n) is 5.21. The lowest BCUT2D eigenvalue weighted by molar-refractivity contribution is 0.0660. The minimum atomic E-state index is -0.753. The Labute approximate surface area is 188 Å². The van der Waals surface area contributed by atoms with Gasteiger partial charge in [0.25, 0.3) is 5.91 Å². The fraction of sp³-hybridized carbons (Fsp3) is 0.286. The SMILES string of the molecule is COc1c(Nc2cc(Cl)nnc2C(N)=O)cccc1-c1cnn(C2CCOCC2)c1C#N. The molecule has 0 atom stereocenters. The van der Waals surface area contributed by atoms with Gasteiger partial charge < -0.3 is 20.5 Å². The second kappa shape index (κ2) is 9.21. The average Bonchev–Trinajstić information content (AvgIpc) is 3.23. The van der Waals surface area contributed by atoms with Crippen molar-refractivity contribution in [2.45, 2.75) is 18.9 Å². The Balaban J connectivity index is 1.77. The van der Waals surface area contributed by atoms with Gasteiger partial charge in [0.05, 0.1) is 30.7 Å². The second-order valence-corrected chi connectivity index (χ2v) is 7.50. The summed E-state index contributed by atoms with van der Waals surface area (Å²) >= 11 is 5.95. The highest BCUT2D eigenvalue weighted by atomic mass is 35.5. The van der Waals surface area contributed by atoms with E-state index in [4.69, 9.17) is 26.8 Å². The highest BCUT2D eigenvalue weighted by Crippen LogP contribution is 2.40. The number of nitriles is 1. The number of nitrogens with one attached hydrogen (secondary N) is 1. The Morgan fingerprint density at radius 3 is 2.78 bits per heavy atom. The highest BCUT2D eigenvalue weighted by molar-refractivity contribution is 6.29. The molecule has 32 heavy (non-hydrogen) atoms. The third-order valence-corrected chi connectivity index (χ3v) is 5.40. The van der Waals surface area contributed by atoms with E-state index in [0.29, 0.717) is 41.5 Å². The van der Waals surface area contributed by atoms with E-state index in [1.165, 1.54) is 13.2 Å². The summed E-state index contributed by atoms with van der Waals surface area (Å²) in [5.74, 6) is -0.296. The maximum Gasteiger partial charge on any atom is 0.271 e. The van der Waals surface area contributed by atoms with Gasteiger partial charge in [-0.05, 0) is 18.9 Å². The molecule has 1 aliphatic rings. The summed E-state index contributed by atoms with van der Waals surface area (Å²) in [6, 6.07) is 9.22. The molecule has 3 aromatic rings. The number of hydrogen-bond donors (Lipinski definition) is 2. The van der Waals surface area contributed by atoms with E-state index in [-0.39, 0.29) is 22.6 Å². The second-order valence-electron chi connectivity index (χ2n) is 7.11. The first-order valence-corrected chi connectivity index (χ1v) is 10.2. The van der Waals surface area contributed by atoms with E-state index in [1.807, 2.05) is 6.07 Å². The number of halogens is 1. The van der Waals surface area contributed by atoms with Crippen molar-refractivity contribution < 1.29 is 14.3 Å². The number of methoxy groups -OCH3 is 1. The van der Waals surface area contributed by atoms with Crippen molar-refractivity contribution in [2.75, 3.05) is 25.6 Å². The number of ether oxygens (including phenoxy) is 2.